The molecule has 0 radical (unpaired) electrons. The lowest BCUT2D eigenvalue weighted by Crippen LogP contribution is -2.05. The SMILES string of the molecule is CC(=O)Nc1ccc(Oc2ccc(F)cc2[N+](=O)[O-])cc1. The molecule has 2 aromatic carbocycles. The number of rotatable bonds is 4. The van der Waals surface area contributed by atoms with Gasteiger partial charge in [0.25, 0.3) is 0 Å². The highest BCUT2D eigenvalue weighted by Gasteiger charge is 2.16. The van der Waals surface area contributed by atoms with Gasteiger partial charge < -0.3 is 10.1 Å². The summed E-state index contributed by atoms with van der Waals surface area (Å²) in [6.07, 6.45) is 0. The first-order chi connectivity index (χ1) is 9.95. The Morgan fingerprint density at radius 2 is 1.90 bits per heavy atom. The van der Waals surface area contributed by atoms with Crippen molar-refractivity contribution in [3.8, 4) is 11.5 Å². The number of anilines is 1. The van der Waals surface area contributed by atoms with Gasteiger partial charge in [-0.25, -0.2) is 4.39 Å². The van der Waals surface area contributed by atoms with Crippen LogP contribution < -0.4 is 10.1 Å². The summed E-state index contributed by atoms with van der Waals surface area (Å²) in [6.45, 7) is 1.38. The molecule has 0 unspecified atom stereocenters. The number of carbonyl (C=O) groups is 1. The molecule has 0 heterocycles. The first kappa shape index (κ1) is 14.4. The maximum absolute atomic E-state index is 13.0. The Balaban J connectivity index is 2.22. The third kappa shape index (κ3) is 3.75. The van der Waals surface area contributed by atoms with Crippen LogP contribution in [-0.4, -0.2) is 10.8 Å². The van der Waals surface area contributed by atoms with Gasteiger partial charge in [-0.1, -0.05) is 0 Å². The van der Waals surface area contributed by atoms with Crippen LogP contribution in [0.4, 0.5) is 15.8 Å². The van der Waals surface area contributed by atoms with Crippen LogP contribution in [0.3, 0.4) is 0 Å². The maximum Gasteiger partial charge on any atom is 0.314 e. The highest BCUT2D eigenvalue weighted by Crippen LogP contribution is 2.32. The number of benzene rings is 2. The van der Waals surface area contributed by atoms with Gasteiger partial charge in [0.2, 0.25) is 11.7 Å². The van der Waals surface area contributed by atoms with E-state index in [1.54, 1.807) is 24.3 Å². The number of nitrogens with zero attached hydrogens (tertiary/aromatic N) is 1. The van der Waals surface area contributed by atoms with E-state index in [2.05, 4.69) is 5.32 Å². The molecule has 0 aliphatic rings. The first-order valence-corrected chi connectivity index (χ1v) is 5.95. The van der Waals surface area contributed by atoms with Crippen LogP contribution in [0.25, 0.3) is 0 Å². The highest BCUT2D eigenvalue weighted by molar-refractivity contribution is 5.88. The summed E-state index contributed by atoms with van der Waals surface area (Å²) in [6, 6.07) is 9.32. The molecule has 2 rings (SSSR count). The normalized spacial score (nSPS) is 10.0. The van der Waals surface area contributed by atoms with Gasteiger partial charge in [-0.05, 0) is 36.4 Å². The molecule has 1 amide bonds. The molecule has 21 heavy (non-hydrogen) atoms. The number of nitro benzene ring substituents is 1. The van der Waals surface area contributed by atoms with Crippen LogP contribution in [-0.2, 0) is 4.79 Å². The van der Waals surface area contributed by atoms with E-state index in [1.165, 1.54) is 13.0 Å². The molecule has 6 nitrogen and oxygen atoms in total. The number of carbonyl (C=O) groups excluding carboxylic acids is 1. The van der Waals surface area contributed by atoms with Crippen molar-refractivity contribution in [3.63, 3.8) is 0 Å². The lowest BCUT2D eigenvalue weighted by atomic mass is 10.2. The standard InChI is InChI=1S/C14H11FN2O4/c1-9(18)16-11-3-5-12(6-4-11)21-14-7-2-10(15)8-13(14)17(19)20/h2-8H,1H3,(H,16,18). The number of nitro groups is 1. The average Bonchev–Trinajstić information content (AvgIpc) is 2.42. The van der Waals surface area contributed by atoms with Crippen LogP contribution in [0.5, 0.6) is 11.5 Å². The van der Waals surface area contributed by atoms with Crippen molar-refractivity contribution >= 4 is 17.3 Å². The number of hydrogen-bond donors (Lipinski definition) is 1. The van der Waals surface area contributed by atoms with Crippen molar-refractivity contribution in [1.82, 2.24) is 0 Å². The predicted octanol–water partition coefficient (Wildman–Crippen LogP) is 3.48. The molecular formula is C14H11FN2O4. The van der Waals surface area contributed by atoms with E-state index < -0.39 is 16.4 Å². The van der Waals surface area contributed by atoms with E-state index in [1.807, 2.05) is 0 Å². The fraction of sp³-hybridized carbons (Fsp3) is 0.0714. The maximum atomic E-state index is 13.0. The summed E-state index contributed by atoms with van der Waals surface area (Å²) in [4.78, 5) is 21.0. The van der Waals surface area contributed by atoms with Crippen molar-refractivity contribution in [3.05, 3.63) is 58.4 Å². The monoisotopic (exact) mass is 290 g/mol. The molecule has 2 aromatic rings. The van der Waals surface area contributed by atoms with E-state index in [4.69, 9.17) is 4.74 Å². The molecule has 7 heteroatoms. The number of amides is 1. The van der Waals surface area contributed by atoms with Gasteiger partial charge in [0, 0.05) is 12.6 Å². The van der Waals surface area contributed by atoms with Gasteiger partial charge in [0.15, 0.2) is 0 Å². The van der Waals surface area contributed by atoms with E-state index in [9.17, 15) is 19.3 Å². The molecule has 0 atom stereocenters. The second kappa shape index (κ2) is 6.00. The Kier molecular flexibility index (Phi) is 4.13. The second-order valence-electron chi connectivity index (χ2n) is 4.18. The minimum atomic E-state index is -0.718. The molecule has 108 valence electrons. The number of nitrogens with one attached hydrogen (secondary N) is 1. The van der Waals surface area contributed by atoms with E-state index in [0.29, 0.717) is 11.4 Å². The highest BCUT2D eigenvalue weighted by atomic mass is 19.1. The quantitative estimate of drug-likeness (QED) is 0.690. The second-order valence-corrected chi connectivity index (χ2v) is 4.18. The van der Waals surface area contributed by atoms with Gasteiger partial charge in [-0.15, -0.1) is 0 Å². The molecule has 0 spiro atoms. The first-order valence-electron chi connectivity index (χ1n) is 5.95. The zero-order valence-electron chi connectivity index (χ0n) is 11.0. The lowest BCUT2D eigenvalue weighted by molar-refractivity contribution is -0.385. The summed E-state index contributed by atoms with van der Waals surface area (Å²) >= 11 is 0. The Bertz CT molecular complexity index is 686. The van der Waals surface area contributed by atoms with E-state index in [-0.39, 0.29) is 11.7 Å². The molecule has 0 aliphatic carbocycles. The molecule has 0 fully saturated rings. The van der Waals surface area contributed by atoms with Gasteiger partial charge in [-0.2, -0.15) is 0 Å². The Hall–Kier alpha value is -2.96. The predicted molar refractivity (Wildman–Crippen MR) is 73.9 cm³/mol. The van der Waals surface area contributed by atoms with Crippen molar-refractivity contribution < 1.29 is 18.8 Å². The summed E-state index contributed by atoms with van der Waals surface area (Å²) < 4.78 is 18.4. The summed E-state index contributed by atoms with van der Waals surface area (Å²) in [5.74, 6) is -0.652. The van der Waals surface area contributed by atoms with Gasteiger partial charge in [0.1, 0.15) is 11.6 Å². The molecule has 0 bridgehead atoms. The molecule has 1 N–H and O–H groups in total. The molecule has 0 saturated heterocycles. The van der Waals surface area contributed by atoms with Crippen molar-refractivity contribution in [2.24, 2.45) is 0 Å². The van der Waals surface area contributed by atoms with Crippen LogP contribution >= 0.6 is 0 Å². The van der Waals surface area contributed by atoms with Crippen LogP contribution in [0.2, 0.25) is 0 Å². The van der Waals surface area contributed by atoms with E-state index >= 15 is 0 Å². The topological polar surface area (TPSA) is 81.5 Å². The van der Waals surface area contributed by atoms with Gasteiger partial charge >= 0.3 is 5.69 Å². The number of halogens is 1. The molecular weight excluding hydrogens is 279 g/mol. The zero-order valence-corrected chi connectivity index (χ0v) is 11.0. The summed E-state index contributed by atoms with van der Waals surface area (Å²) in [7, 11) is 0. The van der Waals surface area contributed by atoms with Crippen molar-refractivity contribution in [2.75, 3.05) is 5.32 Å². The number of ether oxygens (including phenoxy) is 1. The fourth-order valence-corrected chi connectivity index (χ4v) is 1.66. The Morgan fingerprint density at radius 1 is 1.24 bits per heavy atom. The Labute approximate surface area is 119 Å². The van der Waals surface area contributed by atoms with Crippen molar-refractivity contribution in [2.45, 2.75) is 6.92 Å². The minimum Gasteiger partial charge on any atom is -0.450 e. The fourth-order valence-electron chi connectivity index (χ4n) is 1.66. The van der Waals surface area contributed by atoms with Crippen molar-refractivity contribution in [1.29, 1.82) is 0 Å². The van der Waals surface area contributed by atoms with E-state index in [0.717, 1.165) is 12.1 Å². The van der Waals surface area contributed by atoms with Crippen LogP contribution in [0.15, 0.2) is 42.5 Å². The number of hydrogen-bond acceptors (Lipinski definition) is 4. The van der Waals surface area contributed by atoms with Gasteiger partial charge in [0.05, 0.1) is 11.0 Å². The summed E-state index contributed by atoms with van der Waals surface area (Å²) in [5, 5.41) is 13.4. The Morgan fingerprint density at radius 3 is 2.48 bits per heavy atom. The van der Waals surface area contributed by atoms with Crippen LogP contribution in [0.1, 0.15) is 6.92 Å². The smallest absolute Gasteiger partial charge is 0.314 e. The minimum absolute atomic E-state index is 0.0614. The zero-order chi connectivity index (χ0) is 15.4. The average molecular weight is 290 g/mol. The lowest BCUT2D eigenvalue weighted by Gasteiger charge is -2.07. The largest absolute Gasteiger partial charge is 0.450 e. The molecule has 0 aromatic heterocycles. The molecule has 0 saturated carbocycles. The third-order valence-corrected chi connectivity index (χ3v) is 2.52. The molecule has 0 aliphatic heterocycles. The van der Waals surface area contributed by atoms with Gasteiger partial charge in [-0.3, -0.25) is 14.9 Å². The van der Waals surface area contributed by atoms with Crippen LogP contribution in [0, 0.1) is 15.9 Å². The third-order valence-electron chi connectivity index (χ3n) is 2.52. The summed E-state index contributed by atoms with van der Waals surface area (Å²) in [5.41, 5.74) is 0.115.